The highest BCUT2D eigenvalue weighted by Gasteiger charge is 2.36. The Morgan fingerprint density at radius 2 is 2.00 bits per heavy atom. The van der Waals surface area contributed by atoms with Gasteiger partial charge in [0.1, 0.15) is 12.4 Å². The number of nitrogens with two attached hydrogens (primary N) is 1. The lowest BCUT2D eigenvalue weighted by Gasteiger charge is -2.32. The molecule has 0 radical (unpaired) electrons. The quantitative estimate of drug-likeness (QED) is 0.779. The summed E-state index contributed by atoms with van der Waals surface area (Å²) in [4.78, 5) is 26.1. The Bertz CT molecular complexity index is 593. The number of ether oxygens (including phenoxy) is 1. The average molecular weight is 347 g/mol. The highest BCUT2D eigenvalue weighted by Crippen LogP contribution is 2.25. The normalized spacial score (nSPS) is 17.7. The van der Waals surface area contributed by atoms with Crippen LogP contribution >= 0.6 is 0 Å². The predicted molar refractivity (Wildman–Crippen MR) is 97.3 cm³/mol. The minimum atomic E-state index is -0.163. The highest BCUT2D eigenvalue weighted by molar-refractivity contribution is 5.80. The van der Waals surface area contributed by atoms with Gasteiger partial charge in [0.2, 0.25) is 11.8 Å². The van der Waals surface area contributed by atoms with Gasteiger partial charge in [0.05, 0.1) is 6.42 Å². The van der Waals surface area contributed by atoms with Crippen molar-refractivity contribution in [3.05, 3.63) is 29.8 Å². The van der Waals surface area contributed by atoms with Gasteiger partial charge in [0.15, 0.2) is 0 Å². The molecule has 25 heavy (non-hydrogen) atoms. The van der Waals surface area contributed by atoms with Crippen molar-refractivity contribution >= 4 is 11.8 Å². The van der Waals surface area contributed by atoms with Gasteiger partial charge in [0.25, 0.3) is 0 Å². The van der Waals surface area contributed by atoms with E-state index in [4.69, 9.17) is 10.5 Å². The molecule has 1 saturated heterocycles. The zero-order chi connectivity index (χ0) is 18.4. The number of hydrogen-bond acceptors (Lipinski definition) is 4. The molecule has 0 aliphatic carbocycles. The number of benzene rings is 1. The maximum atomic E-state index is 12.1. The molecular formula is C19H29N3O3. The van der Waals surface area contributed by atoms with E-state index in [1.54, 1.807) is 0 Å². The zero-order valence-corrected chi connectivity index (χ0v) is 15.4. The fourth-order valence-electron chi connectivity index (χ4n) is 2.95. The molecule has 6 nitrogen and oxygen atoms in total. The van der Waals surface area contributed by atoms with Gasteiger partial charge in [-0.05, 0) is 38.5 Å². The van der Waals surface area contributed by atoms with Crippen LogP contribution in [0.1, 0.15) is 32.8 Å². The van der Waals surface area contributed by atoms with Crippen molar-refractivity contribution in [2.45, 2.75) is 39.2 Å². The molecule has 1 aromatic carbocycles. The molecule has 2 amide bonds. The molecule has 0 unspecified atom stereocenters. The van der Waals surface area contributed by atoms with Gasteiger partial charge < -0.3 is 20.7 Å². The summed E-state index contributed by atoms with van der Waals surface area (Å²) >= 11 is 0. The smallest absolute Gasteiger partial charge is 0.224 e. The standard InChI is InChI=1S/C19H29N3O3/c1-19(2,3)22-13-15(11-18(22)24)12-21-17(23)10-14-4-6-16(7-5-14)25-9-8-20/h4-7,15H,8-13,20H2,1-3H3,(H,21,23)/t15-/m0/s1. The third-order valence-electron chi connectivity index (χ3n) is 4.28. The largest absolute Gasteiger partial charge is 0.492 e. The van der Waals surface area contributed by atoms with E-state index in [2.05, 4.69) is 5.32 Å². The Morgan fingerprint density at radius 1 is 1.32 bits per heavy atom. The first kappa shape index (κ1) is 19.2. The first-order valence-corrected chi connectivity index (χ1v) is 8.78. The summed E-state index contributed by atoms with van der Waals surface area (Å²) < 4.78 is 5.42. The molecule has 6 heteroatoms. The first-order valence-electron chi connectivity index (χ1n) is 8.78. The van der Waals surface area contributed by atoms with Gasteiger partial charge in [-0.15, -0.1) is 0 Å². The maximum absolute atomic E-state index is 12.1. The van der Waals surface area contributed by atoms with Crippen molar-refractivity contribution in [1.29, 1.82) is 0 Å². The SMILES string of the molecule is CC(C)(C)N1C[C@H](CNC(=O)Cc2ccc(OCCN)cc2)CC1=O. The van der Waals surface area contributed by atoms with Crippen LogP contribution in [-0.2, 0) is 16.0 Å². The fourth-order valence-corrected chi connectivity index (χ4v) is 2.95. The van der Waals surface area contributed by atoms with E-state index < -0.39 is 0 Å². The number of nitrogens with one attached hydrogen (secondary N) is 1. The summed E-state index contributed by atoms with van der Waals surface area (Å²) in [6, 6.07) is 7.45. The molecule has 1 atom stereocenters. The third kappa shape index (κ3) is 5.74. The van der Waals surface area contributed by atoms with E-state index in [0.717, 1.165) is 11.3 Å². The van der Waals surface area contributed by atoms with E-state index in [0.29, 0.717) is 39.1 Å². The summed E-state index contributed by atoms with van der Waals surface area (Å²) in [7, 11) is 0. The van der Waals surface area contributed by atoms with Crippen LogP contribution in [0.25, 0.3) is 0 Å². The molecule has 0 aromatic heterocycles. The van der Waals surface area contributed by atoms with E-state index in [1.165, 1.54) is 0 Å². The molecule has 1 aromatic rings. The number of hydrogen-bond donors (Lipinski definition) is 2. The molecule has 1 heterocycles. The van der Waals surface area contributed by atoms with Crippen LogP contribution in [0, 0.1) is 5.92 Å². The highest BCUT2D eigenvalue weighted by atomic mass is 16.5. The number of nitrogens with zero attached hydrogens (tertiary/aromatic N) is 1. The van der Waals surface area contributed by atoms with E-state index in [9.17, 15) is 9.59 Å². The number of carbonyl (C=O) groups is 2. The topological polar surface area (TPSA) is 84.7 Å². The van der Waals surface area contributed by atoms with Crippen LogP contribution in [0.5, 0.6) is 5.75 Å². The van der Waals surface area contributed by atoms with Gasteiger partial charge in [-0.3, -0.25) is 9.59 Å². The molecular weight excluding hydrogens is 318 g/mol. The minimum Gasteiger partial charge on any atom is -0.492 e. The monoisotopic (exact) mass is 347 g/mol. The van der Waals surface area contributed by atoms with Gasteiger partial charge in [-0.1, -0.05) is 12.1 Å². The lowest BCUT2D eigenvalue weighted by molar-refractivity contribution is -0.131. The van der Waals surface area contributed by atoms with Gasteiger partial charge in [0, 0.05) is 37.5 Å². The summed E-state index contributed by atoms with van der Waals surface area (Å²) in [6.07, 6.45) is 0.825. The fraction of sp³-hybridized carbons (Fsp3) is 0.579. The summed E-state index contributed by atoms with van der Waals surface area (Å²) in [5.74, 6) is 1.07. The lowest BCUT2D eigenvalue weighted by Crippen LogP contribution is -2.42. The number of carbonyl (C=O) groups excluding carboxylic acids is 2. The molecule has 138 valence electrons. The van der Waals surface area contributed by atoms with Gasteiger partial charge in [-0.25, -0.2) is 0 Å². The van der Waals surface area contributed by atoms with Crippen LogP contribution in [0.2, 0.25) is 0 Å². The van der Waals surface area contributed by atoms with Crippen molar-refractivity contribution in [3.63, 3.8) is 0 Å². The maximum Gasteiger partial charge on any atom is 0.224 e. The van der Waals surface area contributed by atoms with Crippen molar-refractivity contribution in [2.75, 3.05) is 26.2 Å². The Labute approximate surface area is 149 Å². The number of likely N-dealkylation sites (tertiary alicyclic amines) is 1. The van der Waals surface area contributed by atoms with Crippen molar-refractivity contribution in [1.82, 2.24) is 10.2 Å². The zero-order valence-electron chi connectivity index (χ0n) is 15.4. The summed E-state index contributed by atoms with van der Waals surface area (Å²) in [5.41, 5.74) is 6.16. The van der Waals surface area contributed by atoms with E-state index in [-0.39, 0.29) is 23.3 Å². The summed E-state index contributed by atoms with van der Waals surface area (Å²) in [6.45, 7) is 8.29. The Morgan fingerprint density at radius 3 is 2.56 bits per heavy atom. The van der Waals surface area contributed by atoms with Crippen LogP contribution in [0.15, 0.2) is 24.3 Å². The first-order chi connectivity index (χ1) is 11.8. The van der Waals surface area contributed by atoms with Crippen LogP contribution < -0.4 is 15.8 Å². The van der Waals surface area contributed by atoms with E-state index >= 15 is 0 Å². The number of rotatable bonds is 7. The third-order valence-corrected chi connectivity index (χ3v) is 4.28. The lowest BCUT2D eigenvalue weighted by atomic mass is 10.1. The molecule has 1 fully saturated rings. The minimum absolute atomic E-state index is 0.0303. The predicted octanol–water partition coefficient (Wildman–Crippen LogP) is 1.33. The molecule has 0 saturated carbocycles. The Hall–Kier alpha value is -2.08. The van der Waals surface area contributed by atoms with Crippen LogP contribution in [-0.4, -0.2) is 48.5 Å². The molecule has 1 aliphatic heterocycles. The molecule has 1 aliphatic rings. The van der Waals surface area contributed by atoms with Gasteiger partial charge in [-0.2, -0.15) is 0 Å². The van der Waals surface area contributed by atoms with Gasteiger partial charge >= 0.3 is 0 Å². The average Bonchev–Trinajstić information content (AvgIpc) is 2.93. The second-order valence-corrected chi connectivity index (χ2v) is 7.51. The van der Waals surface area contributed by atoms with Crippen molar-refractivity contribution in [2.24, 2.45) is 11.7 Å². The van der Waals surface area contributed by atoms with Crippen molar-refractivity contribution < 1.29 is 14.3 Å². The number of amides is 2. The second kappa shape index (κ2) is 8.34. The Balaban J connectivity index is 1.77. The Kier molecular flexibility index (Phi) is 6.42. The van der Waals surface area contributed by atoms with E-state index in [1.807, 2.05) is 49.9 Å². The summed E-state index contributed by atoms with van der Waals surface area (Å²) in [5, 5.41) is 2.95. The van der Waals surface area contributed by atoms with Crippen LogP contribution in [0.3, 0.4) is 0 Å². The molecule has 2 rings (SSSR count). The molecule has 0 bridgehead atoms. The molecule has 0 spiro atoms. The van der Waals surface area contributed by atoms with Crippen molar-refractivity contribution in [3.8, 4) is 5.75 Å². The van der Waals surface area contributed by atoms with Crippen LogP contribution in [0.4, 0.5) is 0 Å². The molecule has 3 N–H and O–H groups in total. The second-order valence-electron chi connectivity index (χ2n) is 7.51.